The molecule has 0 saturated heterocycles. The monoisotopic (exact) mass is 257 g/mol. The Morgan fingerprint density at radius 2 is 1.56 bits per heavy atom. The Balaban J connectivity index is 2.06. The molecule has 2 aromatic rings. The van der Waals surface area contributed by atoms with Gasteiger partial charge in [0.2, 0.25) is 0 Å². The lowest BCUT2D eigenvalue weighted by Crippen LogP contribution is -2.09. The van der Waals surface area contributed by atoms with Gasteiger partial charge in [0.25, 0.3) is 0 Å². The summed E-state index contributed by atoms with van der Waals surface area (Å²) in [5.41, 5.74) is 9.16. The number of benzene rings is 2. The molecule has 4 N–H and O–H groups in total. The van der Waals surface area contributed by atoms with Crippen LogP contribution in [0, 0.1) is 0 Å². The number of hydrazone groups is 1. The van der Waals surface area contributed by atoms with E-state index in [2.05, 4.69) is 41.5 Å². The zero-order valence-corrected chi connectivity index (χ0v) is 10.7. The molecule has 0 aliphatic heterocycles. The third kappa shape index (κ3) is 3.28. The Kier molecular flexibility index (Phi) is 4.25. The van der Waals surface area contributed by atoms with Crippen molar-refractivity contribution in [3.8, 4) is 11.1 Å². The Morgan fingerprint density at radius 1 is 0.944 bits per heavy atom. The smallest absolute Gasteiger partial charge is 0.177 e. The molecule has 0 saturated carbocycles. The van der Waals surface area contributed by atoms with Gasteiger partial charge in [-0.3, -0.25) is 0 Å². The average Bonchev–Trinajstić information content (AvgIpc) is 2.46. The third-order valence-electron chi connectivity index (χ3n) is 2.58. The van der Waals surface area contributed by atoms with Gasteiger partial charge >= 0.3 is 0 Å². The van der Waals surface area contributed by atoms with Crippen molar-refractivity contribution < 1.29 is 0 Å². The molecule has 0 aromatic heterocycles. The van der Waals surface area contributed by atoms with E-state index in [1.165, 1.54) is 28.5 Å². The fraction of sp³-hybridized carbons (Fsp3) is 0.0714. The first-order chi connectivity index (χ1) is 8.79. The number of hydrogen-bond acceptors (Lipinski definition) is 3. The second-order valence-electron chi connectivity index (χ2n) is 3.82. The summed E-state index contributed by atoms with van der Waals surface area (Å²) in [4.78, 5) is 0. The highest BCUT2D eigenvalue weighted by atomic mass is 32.2. The maximum Gasteiger partial charge on any atom is 0.177 e. The number of nitrogens with two attached hydrogens (primary N) is 2. The van der Waals surface area contributed by atoms with Gasteiger partial charge < -0.3 is 11.6 Å². The summed E-state index contributed by atoms with van der Waals surface area (Å²) >= 11 is 1.43. The van der Waals surface area contributed by atoms with Crippen LogP contribution in [-0.4, -0.2) is 5.17 Å². The predicted molar refractivity (Wildman–Crippen MR) is 79.0 cm³/mol. The fourth-order valence-electron chi connectivity index (χ4n) is 1.62. The van der Waals surface area contributed by atoms with Crippen molar-refractivity contribution in [3.05, 3.63) is 60.2 Å². The summed E-state index contributed by atoms with van der Waals surface area (Å²) in [5.74, 6) is 5.86. The Morgan fingerprint density at radius 3 is 2.17 bits per heavy atom. The maximum atomic E-state index is 5.53. The van der Waals surface area contributed by atoms with Crippen LogP contribution in [0.3, 0.4) is 0 Å². The van der Waals surface area contributed by atoms with Crippen molar-refractivity contribution in [2.24, 2.45) is 16.7 Å². The van der Waals surface area contributed by atoms with Crippen molar-refractivity contribution in [1.82, 2.24) is 0 Å². The van der Waals surface area contributed by atoms with Gasteiger partial charge in [-0.05, 0) is 16.7 Å². The summed E-state index contributed by atoms with van der Waals surface area (Å²) in [6.45, 7) is 0. The number of rotatable bonds is 3. The second kappa shape index (κ2) is 6.12. The van der Waals surface area contributed by atoms with Crippen molar-refractivity contribution in [1.29, 1.82) is 0 Å². The molecular weight excluding hydrogens is 242 g/mol. The predicted octanol–water partition coefficient (Wildman–Crippen LogP) is 2.78. The lowest BCUT2D eigenvalue weighted by Gasteiger charge is -2.04. The minimum atomic E-state index is 0.405. The molecule has 2 rings (SSSR count). The minimum Gasteiger partial charge on any atom is -0.377 e. The van der Waals surface area contributed by atoms with Crippen molar-refractivity contribution in [2.75, 3.05) is 0 Å². The third-order valence-corrected chi connectivity index (χ3v) is 3.45. The molecular formula is C14H15N3S. The van der Waals surface area contributed by atoms with E-state index < -0.39 is 0 Å². The molecule has 0 unspecified atom stereocenters. The molecule has 0 atom stereocenters. The number of thioether (sulfide) groups is 1. The molecule has 0 amide bonds. The van der Waals surface area contributed by atoms with Crippen LogP contribution in [0.5, 0.6) is 0 Å². The highest BCUT2D eigenvalue weighted by Gasteiger charge is 1.99. The zero-order chi connectivity index (χ0) is 12.8. The molecule has 3 nitrogen and oxygen atoms in total. The van der Waals surface area contributed by atoms with Crippen molar-refractivity contribution in [2.45, 2.75) is 5.75 Å². The SMILES string of the molecule is NN=C(N)SCc1ccc(-c2ccccc2)cc1. The van der Waals surface area contributed by atoms with E-state index >= 15 is 0 Å². The molecule has 0 heterocycles. The van der Waals surface area contributed by atoms with Crippen LogP contribution in [0.25, 0.3) is 11.1 Å². The Hall–Kier alpha value is -1.94. The standard InChI is InChI=1S/C14H15N3S/c15-14(17-16)18-10-11-6-8-13(9-7-11)12-4-2-1-3-5-12/h1-9H,10,16H2,(H2,15,17). The van der Waals surface area contributed by atoms with Crippen LogP contribution in [0.4, 0.5) is 0 Å². The van der Waals surface area contributed by atoms with E-state index in [4.69, 9.17) is 11.6 Å². The van der Waals surface area contributed by atoms with Crippen LogP contribution in [0.15, 0.2) is 59.7 Å². The first-order valence-corrected chi connectivity index (χ1v) is 6.58. The molecule has 0 bridgehead atoms. The van der Waals surface area contributed by atoms with E-state index in [1.807, 2.05) is 18.2 Å². The van der Waals surface area contributed by atoms with Gasteiger partial charge in [0.05, 0.1) is 0 Å². The Bertz CT molecular complexity index is 520. The average molecular weight is 257 g/mol. The molecule has 0 radical (unpaired) electrons. The molecule has 0 spiro atoms. The first kappa shape index (κ1) is 12.5. The van der Waals surface area contributed by atoms with E-state index in [-0.39, 0.29) is 0 Å². The lowest BCUT2D eigenvalue weighted by atomic mass is 10.0. The number of amidine groups is 1. The van der Waals surface area contributed by atoms with Crippen LogP contribution in [0.2, 0.25) is 0 Å². The van der Waals surface area contributed by atoms with Crippen molar-refractivity contribution >= 4 is 16.9 Å². The number of nitrogens with zero attached hydrogens (tertiary/aromatic N) is 1. The van der Waals surface area contributed by atoms with Gasteiger partial charge in [-0.25, -0.2) is 0 Å². The van der Waals surface area contributed by atoms with Crippen LogP contribution >= 0.6 is 11.8 Å². The fourth-order valence-corrected chi connectivity index (χ4v) is 2.20. The summed E-state index contributed by atoms with van der Waals surface area (Å²) < 4.78 is 0. The van der Waals surface area contributed by atoms with E-state index in [1.54, 1.807) is 0 Å². The normalized spacial score (nSPS) is 11.4. The molecule has 0 fully saturated rings. The van der Waals surface area contributed by atoms with Crippen LogP contribution < -0.4 is 11.6 Å². The van der Waals surface area contributed by atoms with Gasteiger partial charge in [0.15, 0.2) is 5.17 Å². The summed E-state index contributed by atoms with van der Waals surface area (Å²) in [6.07, 6.45) is 0. The van der Waals surface area contributed by atoms with Gasteiger partial charge in [-0.1, -0.05) is 66.4 Å². The second-order valence-corrected chi connectivity index (χ2v) is 4.81. The first-order valence-electron chi connectivity index (χ1n) is 5.60. The molecule has 2 aromatic carbocycles. The quantitative estimate of drug-likeness (QED) is 0.384. The Labute approximate surface area is 111 Å². The summed E-state index contributed by atoms with van der Waals surface area (Å²) in [5, 5.41) is 3.83. The van der Waals surface area contributed by atoms with Crippen LogP contribution in [0.1, 0.15) is 5.56 Å². The summed E-state index contributed by atoms with van der Waals surface area (Å²) in [6, 6.07) is 18.7. The largest absolute Gasteiger partial charge is 0.377 e. The molecule has 0 aliphatic carbocycles. The zero-order valence-electron chi connectivity index (χ0n) is 9.91. The maximum absolute atomic E-state index is 5.53. The van der Waals surface area contributed by atoms with Crippen molar-refractivity contribution in [3.63, 3.8) is 0 Å². The van der Waals surface area contributed by atoms with Gasteiger partial charge in [-0.15, -0.1) is 0 Å². The van der Waals surface area contributed by atoms with E-state index in [0.717, 1.165) is 5.75 Å². The van der Waals surface area contributed by atoms with Gasteiger partial charge in [0.1, 0.15) is 0 Å². The highest BCUT2D eigenvalue weighted by molar-refractivity contribution is 8.13. The summed E-state index contributed by atoms with van der Waals surface area (Å²) in [7, 11) is 0. The van der Waals surface area contributed by atoms with Crippen LogP contribution in [-0.2, 0) is 5.75 Å². The van der Waals surface area contributed by atoms with Gasteiger partial charge in [-0.2, -0.15) is 5.10 Å². The minimum absolute atomic E-state index is 0.405. The molecule has 0 aliphatic rings. The lowest BCUT2D eigenvalue weighted by molar-refractivity contribution is 1.25. The molecule has 18 heavy (non-hydrogen) atoms. The topological polar surface area (TPSA) is 64.4 Å². The van der Waals surface area contributed by atoms with E-state index in [0.29, 0.717) is 5.17 Å². The molecule has 4 heteroatoms. The van der Waals surface area contributed by atoms with E-state index in [9.17, 15) is 0 Å². The number of hydrogen-bond donors (Lipinski definition) is 2. The van der Waals surface area contributed by atoms with Gasteiger partial charge in [0, 0.05) is 5.75 Å². The highest BCUT2D eigenvalue weighted by Crippen LogP contribution is 2.20. The molecule has 92 valence electrons.